The molecule has 0 unspecified atom stereocenters. The van der Waals surface area contributed by atoms with E-state index in [0.717, 1.165) is 33.3 Å². The van der Waals surface area contributed by atoms with Crippen LogP contribution in [0.3, 0.4) is 0 Å². The number of benzene rings is 2. The molecule has 9 heteroatoms. The van der Waals surface area contributed by atoms with Crippen molar-refractivity contribution in [2.24, 2.45) is 7.05 Å². The number of aromatic nitrogens is 4. The number of nitrogens with zero attached hydrogens (tertiary/aromatic N) is 4. The third kappa shape index (κ3) is 4.53. The lowest BCUT2D eigenvalue weighted by Gasteiger charge is -2.16. The molecule has 0 saturated carbocycles. The molecular weight excluding hydrogens is 432 g/mol. The number of fused-ring (bicyclic) bond motifs is 1. The van der Waals surface area contributed by atoms with Gasteiger partial charge in [0.2, 0.25) is 5.95 Å². The lowest BCUT2D eigenvalue weighted by Crippen LogP contribution is -2.30. The second kappa shape index (κ2) is 8.84. The third-order valence-corrected chi connectivity index (χ3v) is 5.64. The van der Waals surface area contributed by atoms with Crippen LogP contribution in [-0.4, -0.2) is 49.5 Å². The molecule has 0 bridgehead atoms. The minimum absolute atomic E-state index is 0.250. The number of carboxylic acids is 1. The first-order valence-corrected chi connectivity index (χ1v) is 10.7. The Hall–Kier alpha value is -4.42. The van der Waals surface area contributed by atoms with Crippen LogP contribution in [0.2, 0.25) is 0 Å². The lowest BCUT2D eigenvalue weighted by atomic mass is 10.1. The molecule has 2 aromatic heterocycles. The van der Waals surface area contributed by atoms with Gasteiger partial charge >= 0.3 is 5.97 Å². The molecule has 1 saturated heterocycles. The second-order valence-electron chi connectivity index (χ2n) is 8.16. The van der Waals surface area contributed by atoms with Crippen LogP contribution in [-0.2, 0) is 11.8 Å². The maximum atomic E-state index is 11.3. The van der Waals surface area contributed by atoms with E-state index in [0.29, 0.717) is 24.7 Å². The molecule has 0 spiro atoms. The quantitative estimate of drug-likeness (QED) is 0.381. The molecule has 0 aliphatic carbocycles. The molecule has 3 N–H and O–H groups in total. The van der Waals surface area contributed by atoms with Crippen molar-refractivity contribution >= 4 is 28.5 Å². The second-order valence-corrected chi connectivity index (χ2v) is 8.16. The Balaban J connectivity index is 1.45. The smallest absolute Gasteiger partial charge is 0.320 e. The van der Waals surface area contributed by atoms with Gasteiger partial charge in [0.15, 0.2) is 0 Å². The normalized spacial score (nSPS) is 17.4. The topological polar surface area (TPSA) is 114 Å². The van der Waals surface area contributed by atoms with Crippen LogP contribution in [0.15, 0.2) is 55.0 Å². The number of ether oxygens (including phenoxy) is 1. The average Bonchev–Trinajstić information content (AvgIpc) is 3.48. The molecule has 0 radical (unpaired) electrons. The number of hydrogen-bond donors (Lipinski definition) is 3. The monoisotopic (exact) mass is 454 g/mol. The van der Waals surface area contributed by atoms with Crippen LogP contribution >= 0.6 is 0 Å². The number of aliphatic carboxylic acids is 1. The van der Waals surface area contributed by atoms with Crippen molar-refractivity contribution in [1.29, 1.82) is 0 Å². The van der Waals surface area contributed by atoms with E-state index in [1.807, 2.05) is 49.6 Å². The molecule has 1 aliphatic rings. The molecule has 0 amide bonds. The zero-order valence-electron chi connectivity index (χ0n) is 18.4. The molecule has 4 aromatic rings. The van der Waals surface area contributed by atoms with Crippen LogP contribution in [0, 0.1) is 12.3 Å². The van der Waals surface area contributed by atoms with E-state index >= 15 is 0 Å². The molecule has 1 aliphatic heterocycles. The van der Waals surface area contributed by atoms with Crippen molar-refractivity contribution < 1.29 is 14.6 Å². The molecular formula is C25H22N6O3. The van der Waals surface area contributed by atoms with Crippen LogP contribution in [0.25, 0.3) is 22.0 Å². The van der Waals surface area contributed by atoms with Crippen molar-refractivity contribution in [2.75, 3.05) is 11.9 Å². The summed E-state index contributed by atoms with van der Waals surface area (Å²) >= 11 is 0. The molecule has 2 atom stereocenters. The first-order chi connectivity index (χ1) is 16.5. The minimum Gasteiger partial charge on any atom is -0.489 e. The fraction of sp³-hybridized carbons (Fsp3) is 0.200. The van der Waals surface area contributed by atoms with Gasteiger partial charge in [-0.1, -0.05) is 5.92 Å². The van der Waals surface area contributed by atoms with Gasteiger partial charge in [-0.15, -0.1) is 6.42 Å². The third-order valence-electron chi connectivity index (χ3n) is 5.64. The Morgan fingerprint density at radius 1 is 1.26 bits per heavy atom. The fourth-order valence-electron chi connectivity index (χ4n) is 3.96. The predicted molar refractivity (Wildman–Crippen MR) is 128 cm³/mol. The summed E-state index contributed by atoms with van der Waals surface area (Å²) in [5.41, 5.74) is 4.10. The highest BCUT2D eigenvalue weighted by atomic mass is 16.5. The molecule has 1 fully saturated rings. The maximum absolute atomic E-state index is 11.3. The summed E-state index contributed by atoms with van der Waals surface area (Å²) in [7, 11) is 1.85. The van der Waals surface area contributed by atoms with Crippen molar-refractivity contribution in [1.82, 2.24) is 25.1 Å². The number of terminal acetylenes is 1. The van der Waals surface area contributed by atoms with Gasteiger partial charge in [0.05, 0.1) is 11.7 Å². The zero-order chi connectivity index (χ0) is 23.7. The Bertz CT molecular complexity index is 1420. The number of anilines is 2. The van der Waals surface area contributed by atoms with Crippen molar-refractivity contribution in [2.45, 2.75) is 18.6 Å². The number of aryl methyl sites for hydroxylation is 1. The Morgan fingerprint density at radius 3 is 2.88 bits per heavy atom. The van der Waals surface area contributed by atoms with E-state index in [1.54, 1.807) is 17.1 Å². The van der Waals surface area contributed by atoms with Crippen molar-refractivity contribution in [3.05, 3.63) is 60.6 Å². The van der Waals surface area contributed by atoms with E-state index in [4.69, 9.17) is 11.2 Å². The highest BCUT2D eigenvalue weighted by Gasteiger charge is 2.30. The summed E-state index contributed by atoms with van der Waals surface area (Å²) in [5, 5.41) is 20.6. The first kappa shape index (κ1) is 21.4. The van der Waals surface area contributed by atoms with Gasteiger partial charge in [-0.05, 0) is 35.9 Å². The largest absolute Gasteiger partial charge is 0.489 e. The SMILES string of the molecule is C#Cc1ccc2nc(Nc3cc(O[C@@H]4CN[C@H](C(=O)O)C4)cc(-c4cnn(C)c4)c3)ncc2c1. The summed E-state index contributed by atoms with van der Waals surface area (Å²) in [6.45, 7) is 0.463. The number of carboxylic acid groups (broad SMARTS) is 1. The molecule has 9 nitrogen and oxygen atoms in total. The van der Waals surface area contributed by atoms with E-state index in [9.17, 15) is 9.90 Å². The van der Waals surface area contributed by atoms with Gasteiger partial charge < -0.3 is 20.5 Å². The lowest BCUT2D eigenvalue weighted by molar-refractivity contribution is -0.139. The number of rotatable bonds is 6. The summed E-state index contributed by atoms with van der Waals surface area (Å²) < 4.78 is 7.87. The van der Waals surface area contributed by atoms with Gasteiger partial charge in [0.25, 0.3) is 0 Å². The van der Waals surface area contributed by atoms with Crippen molar-refractivity contribution in [3.8, 4) is 29.2 Å². The van der Waals surface area contributed by atoms with Gasteiger partial charge in [0, 0.05) is 60.7 Å². The van der Waals surface area contributed by atoms with Crippen LogP contribution in [0.5, 0.6) is 5.75 Å². The first-order valence-electron chi connectivity index (χ1n) is 10.7. The van der Waals surface area contributed by atoms with Gasteiger partial charge in [-0.25, -0.2) is 9.97 Å². The van der Waals surface area contributed by atoms with Crippen molar-refractivity contribution in [3.63, 3.8) is 0 Å². The van der Waals surface area contributed by atoms with Gasteiger partial charge in [0.1, 0.15) is 17.9 Å². The fourth-order valence-corrected chi connectivity index (χ4v) is 3.96. The summed E-state index contributed by atoms with van der Waals surface area (Å²) in [5.74, 6) is 2.78. The standard InChI is InChI=1S/C25H22N6O3/c1-3-15-4-5-22-17(6-15)11-27-25(30-22)29-19-7-16(18-12-28-31(2)14-18)8-20(9-19)34-21-10-23(24(32)33)26-13-21/h1,4-9,11-12,14,21,23,26H,10,13H2,2H3,(H,32,33)(H,27,29,30)/t21-,23-/m0/s1. The summed E-state index contributed by atoms with van der Waals surface area (Å²) in [4.78, 5) is 20.3. The Morgan fingerprint density at radius 2 is 2.15 bits per heavy atom. The van der Waals surface area contributed by atoms with Gasteiger partial charge in [-0.2, -0.15) is 5.10 Å². The Kier molecular flexibility index (Phi) is 5.57. The summed E-state index contributed by atoms with van der Waals surface area (Å²) in [6.07, 6.45) is 11.0. The van der Waals surface area contributed by atoms with Gasteiger partial charge in [-0.3, -0.25) is 9.48 Å². The average molecular weight is 454 g/mol. The maximum Gasteiger partial charge on any atom is 0.320 e. The molecule has 5 rings (SSSR count). The Labute approximate surface area is 195 Å². The highest BCUT2D eigenvalue weighted by Crippen LogP contribution is 2.31. The minimum atomic E-state index is -0.875. The predicted octanol–water partition coefficient (Wildman–Crippen LogP) is 2.95. The van der Waals surface area contributed by atoms with E-state index in [2.05, 4.69) is 31.6 Å². The van der Waals surface area contributed by atoms with Crippen LogP contribution in [0.1, 0.15) is 12.0 Å². The van der Waals surface area contributed by atoms with E-state index in [-0.39, 0.29) is 6.10 Å². The van der Waals surface area contributed by atoms with Crippen LogP contribution in [0.4, 0.5) is 11.6 Å². The number of carbonyl (C=O) groups is 1. The summed E-state index contributed by atoms with van der Waals surface area (Å²) in [6, 6.07) is 10.7. The number of nitrogens with one attached hydrogen (secondary N) is 2. The number of hydrogen-bond acceptors (Lipinski definition) is 7. The van der Waals surface area contributed by atoms with Crippen LogP contribution < -0.4 is 15.4 Å². The molecule has 3 heterocycles. The highest BCUT2D eigenvalue weighted by molar-refractivity contribution is 5.81. The van der Waals surface area contributed by atoms with E-state index in [1.165, 1.54) is 0 Å². The molecule has 34 heavy (non-hydrogen) atoms. The van der Waals surface area contributed by atoms with E-state index < -0.39 is 12.0 Å². The molecule has 170 valence electrons. The molecule has 2 aromatic carbocycles. The zero-order valence-corrected chi connectivity index (χ0v) is 18.4.